The molecule has 40 heavy (non-hydrogen) atoms. The zero-order valence-electron chi connectivity index (χ0n) is 22.8. The summed E-state index contributed by atoms with van der Waals surface area (Å²) in [7, 11) is 0. The van der Waals surface area contributed by atoms with E-state index in [-0.39, 0.29) is 17.9 Å². The van der Waals surface area contributed by atoms with Gasteiger partial charge in [0.05, 0.1) is 17.4 Å². The molecule has 0 saturated heterocycles. The van der Waals surface area contributed by atoms with Crippen molar-refractivity contribution in [1.82, 2.24) is 24.5 Å². The molecule has 0 aliphatic rings. The summed E-state index contributed by atoms with van der Waals surface area (Å²) >= 11 is 6.04. The fourth-order valence-corrected chi connectivity index (χ4v) is 5.12. The minimum absolute atomic E-state index is 0.0332. The fourth-order valence-electron chi connectivity index (χ4n) is 5.00. The molecule has 5 aromatic rings. The fraction of sp³-hybridized carbons (Fsp3) is 0.290. The van der Waals surface area contributed by atoms with Crippen LogP contribution in [0.3, 0.4) is 0 Å². The van der Waals surface area contributed by atoms with Crippen molar-refractivity contribution >= 4 is 39.9 Å². The van der Waals surface area contributed by atoms with Crippen LogP contribution in [0.1, 0.15) is 36.7 Å². The van der Waals surface area contributed by atoms with Crippen LogP contribution in [-0.4, -0.2) is 44.7 Å². The van der Waals surface area contributed by atoms with Crippen molar-refractivity contribution in [2.24, 2.45) is 0 Å². The highest BCUT2D eigenvalue weighted by atomic mass is 35.5. The number of hydrogen-bond acceptors (Lipinski definition) is 5. The van der Waals surface area contributed by atoms with Crippen LogP contribution in [0.5, 0.6) is 0 Å². The van der Waals surface area contributed by atoms with Crippen molar-refractivity contribution in [2.45, 2.75) is 39.7 Å². The zero-order valence-corrected chi connectivity index (χ0v) is 23.6. The van der Waals surface area contributed by atoms with E-state index in [0.717, 1.165) is 30.6 Å². The van der Waals surface area contributed by atoms with Gasteiger partial charge in [-0.2, -0.15) is 0 Å². The summed E-state index contributed by atoms with van der Waals surface area (Å²) in [4.78, 5) is 28.4. The van der Waals surface area contributed by atoms with E-state index in [1.54, 1.807) is 16.7 Å². The second-order valence-corrected chi connectivity index (χ2v) is 10.3. The van der Waals surface area contributed by atoms with E-state index in [4.69, 9.17) is 11.6 Å². The first-order valence-corrected chi connectivity index (χ1v) is 14.0. The Morgan fingerprint density at radius 1 is 1.02 bits per heavy atom. The molecule has 0 aliphatic carbocycles. The summed E-state index contributed by atoms with van der Waals surface area (Å²) in [5.41, 5.74) is 3.96. The average molecular weight is 557 g/mol. The predicted molar refractivity (Wildman–Crippen MR) is 160 cm³/mol. The number of anilines is 1. The Morgan fingerprint density at radius 3 is 2.60 bits per heavy atom. The lowest BCUT2D eigenvalue weighted by atomic mass is 10.2. The molecule has 3 aromatic carbocycles. The predicted octanol–water partition coefficient (Wildman–Crippen LogP) is 5.02. The quantitative estimate of drug-likeness (QED) is 0.231. The van der Waals surface area contributed by atoms with Crippen molar-refractivity contribution in [3.8, 4) is 0 Å². The Kier molecular flexibility index (Phi) is 8.45. The number of fused-ring (bicyclic) bond motifs is 3. The van der Waals surface area contributed by atoms with Gasteiger partial charge in [0.1, 0.15) is 5.82 Å². The van der Waals surface area contributed by atoms with E-state index in [1.165, 1.54) is 11.3 Å². The van der Waals surface area contributed by atoms with Crippen LogP contribution < -0.4 is 15.8 Å². The van der Waals surface area contributed by atoms with Crippen molar-refractivity contribution < 1.29 is 4.79 Å². The number of hydrogen-bond donors (Lipinski definition) is 1. The highest BCUT2D eigenvalue weighted by Crippen LogP contribution is 2.18. The zero-order chi connectivity index (χ0) is 28.1. The molecule has 2 aromatic heterocycles. The van der Waals surface area contributed by atoms with Crippen LogP contribution in [0, 0.1) is 6.92 Å². The summed E-state index contributed by atoms with van der Waals surface area (Å²) in [6.45, 7) is 6.95. The Bertz CT molecular complexity index is 1690. The molecule has 1 N–H and O–H groups in total. The molecule has 0 unspecified atom stereocenters. The summed E-state index contributed by atoms with van der Waals surface area (Å²) < 4.78 is 3.51. The number of halogens is 1. The van der Waals surface area contributed by atoms with E-state index in [9.17, 15) is 9.59 Å². The van der Waals surface area contributed by atoms with Gasteiger partial charge in [-0.1, -0.05) is 48.0 Å². The van der Waals surface area contributed by atoms with Crippen molar-refractivity contribution in [2.75, 3.05) is 24.5 Å². The molecule has 9 heteroatoms. The lowest BCUT2D eigenvalue weighted by Gasteiger charge is -2.23. The van der Waals surface area contributed by atoms with Gasteiger partial charge in [-0.3, -0.25) is 18.6 Å². The molecule has 0 fully saturated rings. The molecule has 5 rings (SSSR count). The first-order valence-electron chi connectivity index (χ1n) is 13.6. The van der Waals surface area contributed by atoms with Gasteiger partial charge in [0.15, 0.2) is 0 Å². The third-order valence-electron chi connectivity index (χ3n) is 7.08. The second kappa shape index (κ2) is 12.3. The van der Waals surface area contributed by atoms with Crippen molar-refractivity contribution in [1.29, 1.82) is 0 Å². The largest absolute Gasteiger partial charge is 0.372 e. The van der Waals surface area contributed by atoms with Crippen LogP contribution in [0.4, 0.5) is 5.69 Å². The molecule has 2 heterocycles. The van der Waals surface area contributed by atoms with E-state index < -0.39 is 0 Å². The number of para-hydroxylation sites is 1. The monoisotopic (exact) mass is 556 g/mol. The smallest absolute Gasteiger partial charge is 0.263 e. The molecule has 0 spiro atoms. The van der Waals surface area contributed by atoms with E-state index in [2.05, 4.69) is 58.5 Å². The van der Waals surface area contributed by atoms with Gasteiger partial charge in [-0.05, 0) is 67.8 Å². The van der Waals surface area contributed by atoms with Crippen LogP contribution >= 0.6 is 11.6 Å². The Hall–Kier alpha value is -4.17. The normalized spacial score (nSPS) is 11.3. The molecule has 206 valence electrons. The van der Waals surface area contributed by atoms with Crippen LogP contribution in [0.2, 0.25) is 5.02 Å². The highest BCUT2D eigenvalue weighted by Gasteiger charge is 2.17. The van der Waals surface area contributed by atoms with E-state index >= 15 is 0 Å². The number of rotatable bonds is 11. The molecule has 0 atom stereocenters. The minimum Gasteiger partial charge on any atom is -0.372 e. The highest BCUT2D eigenvalue weighted by molar-refractivity contribution is 6.30. The first kappa shape index (κ1) is 27.4. The Labute approximate surface area is 238 Å². The van der Waals surface area contributed by atoms with Crippen LogP contribution in [0.25, 0.3) is 16.7 Å². The Balaban J connectivity index is 1.27. The third-order valence-corrected chi connectivity index (χ3v) is 7.33. The minimum atomic E-state index is -0.137. The molecule has 0 bridgehead atoms. The summed E-state index contributed by atoms with van der Waals surface area (Å²) in [6.07, 6.45) is 1.53. The summed E-state index contributed by atoms with van der Waals surface area (Å²) in [5.74, 6) is 1.06. The maximum Gasteiger partial charge on any atom is 0.263 e. The number of amides is 1. The first-order chi connectivity index (χ1) is 19.4. The third kappa shape index (κ3) is 6.02. The van der Waals surface area contributed by atoms with Gasteiger partial charge in [0.2, 0.25) is 11.7 Å². The molecule has 0 aliphatic heterocycles. The van der Waals surface area contributed by atoms with Gasteiger partial charge < -0.3 is 10.2 Å². The number of carbonyl (C=O) groups is 1. The van der Waals surface area contributed by atoms with E-state index in [1.807, 2.05) is 40.8 Å². The molecule has 0 radical (unpaired) electrons. The molecular weight excluding hydrogens is 524 g/mol. The van der Waals surface area contributed by atoms with Gasteiger partial charge in [0, 0.05) is 43.2 Å². The number of benzene rings is 3. The number of aryl methyl sites for hydroxylation is 2. The van der Waals surface area contributed by atoms with Gasteiger partial charge in [-0.15, -0.1) is 10.2 Å². The van der Waals surface area contributed by atoms with Crippen LogP contribution in [-0.2, 0) is 17.8 Å². The van der Waals surface area contributed by atoms with Gasteiger partial charge >= 0.3 is 0 Å². The van der Waals surface area contributed by atoms with E-state index in [0.29, 0.717) is 41.5 Å². The SMILES string of the molecule is CCN(CCCNC(=O)CCc1nnc2n(Cc3ccc(Cl)cc3)c(=O)c3ccccc3n12)c1cccc(C)c1. The van der Waals surface area contributed by atoms with Crippen molar-refractivity contribution in [3.63, 3.8) is 0 Å². The second-order valence-electron chi connectivity index (χ2n) is 9.91. The molecule has 8 nitrogen and oxygen atoms in total. The maximum atomic E-state index is 13.4. The Morgan fingerprint density at radius 2 is 1.82 bits per heavy atom. The molecule has 1 amide bonds. The number of carbonyl (C=O) groups excluding carboxylic acids is 1. The lowest BCUT2D eigenvalue weighted by molar-refractivity contribution is -0.121. The van der Waals surface area contributed by atoms with Gasteiger partial charge in [0.25, 0.3) is 5.56 Å². The average Bonchev–Trinajstić information content (AvgIpc) is 3.39. The summed E-state index contributed by atoms with van der Waals surface area (Å²) in [6, 6.07) is 23.3. The standard InChI is InChI=1S/C31H33ClN6O2/c1-3-36(25-9-6-8-22(2)20-25)19-7-18-33-29(39)17-16-28-34-35-31-37(21-23-12-14-24(32)15-13-23)30(40)26-10-4-5-11-27(26)38(28)31/h4-6,8-15,20H,3,7,16-19,21H2,1-2H3,(H,33,39). The number of aromatic nitrogens is 4. The van der Waals surface area contributed by atoms with Crippen molar-refractivity contribution in [3.05, 3.63) is 105 Å². The maximum absolute atomic E-state index is 13.4. The number of nitrogens with zero attached hydrogens (tertiary/aromatic N) is 5. The lowest BCUT2D eigenvalue weighted by Crippen LogP contribution is -2.30. The van der Waals surface area contributed by atoms with Gasteiger partial charge in [-0.25, -0.2) is 0 Å². The summed E-state index contributed by atoms with van der Waals surface area (Å²) in [5, 5.41) is 13.0. The molecule has 0 saturated carbocycles. The number of nitrogens with one attached hydrogen (secondary N) is 1. The van der Waals surface area contributed by atoms with Crippen LogP contribution in [0.15, 0.2) is 77.6 Å². The topological polar surface area (TPSA) is 84.5 Å². The molecular formula is C31H33ClN6O2.